The van der Waals surface area contributed by atoms with Crippen molar-refractivity contribution in [2.45, 2.75) is 59.4 Å². The van der Waals surface area contributed by atoms with E-state index < -0.39 is 6.04 Å². The number of rotatable bonds is 2. The number of carbonyl (C=O) groups excluding carboxylic acids is 2. The molecule has 1 N–H and O–H groups in total. The molecule has 1 unspecified atom stereocenters. The molecular formula is C15H26N2O2. The summed E-state index contributed by atoms with van der Waals surface area (Å²) in [5, 5.41) is 2.89. The van der Waals surface area contributed by atoms with Gasteiger partial charge in [0.1, 0.15) is 6.04 Å². The van der Waals surface area contributed by atoms with E-state index in [1.54, 1.807) is 0 Å². The molecule has 0 aromatic heterocycles. The number of nitrogens with one attached hydrogen (secondary N) is 1. The molecule has 1 heterocycles. The minimum Gasteiger partial charge on any atom is -0.344 e. The van der Waals surface area contributed by atoms with E-state index >= 15 is 0 Å². The van der Waals surface area contributed by atoms with Gasteiger partial charge in [-0.25, -0.2) is 0 Å². The number of hydrogen-bond acceptors (Lipinski definition) is 2. The summed E-state index contributed by atoms with van der Waals surface area (Å²) in [5.41, 5.74) is 0.0291. The van der Waals surface area contributed by atoms with Crippen LogP contribution in [-0.4, -0.2) is 35.8 Å². The third kappa shape index (κ3) is 3.10. The average molecular weight is 266 g/mol. The van der Waals surface area contributed by atoms with Crippen LogP contribution in [0.4, 0.5) is 0 Å². The van der Waals surface area contributed by atoms with Gasteiger partial charge in [0.05, 0.1) is 0 Å². The van der Waals surface area contributed by atoms with Crippen molar-refractivity contribution in [3.63, 3.8) is 0 Å². The Balaban J connectivity index is 2.14. The molecule has 1 saturated heterocycles. The van der Waals surface area contributed by atoms with E-state index in [1.807, 2.05) is 25.7 Å². The Bertz CT molecular complexity index is 380. The van der Waals surface area contributed by atoms with Crippen LogP contribution in [0.1, 0.15) is 53.4 Å². The van der Waals surface area contributed by atoms with Gasteiger partial charge < -0.3 is 10.2 Å². The van der Waals surface area contributed by atoms with Gasteiger partial charge in [0.2, 0.25) is 11.8 Å². The van der Waals surface area contributed by atoms with Gasteiger partial charge >= 0.3 is 0 Å². The molecule has 1 saturated carbocycles. The number of nitrogens with zero attached hydrogens (tertiary/aromatic N) is 1. The normalized spacial score (nSPS) is 27.6. The Hall–Kier alpha value is -1.06. The lowest BCUT2D eigenvalue weighted by atomic mass is 9.70. The SMILES string of the molecule is CC1(CN2CCC(=O)NC(C(C)(C)C)C2=O)CCC1. The topological polar surface area (TPSA) is 49.4 Å². The zero-order chi connectivity index (χ0) is 14.3. The number of amides is 2. The molecule has 0 aromatic rings. The molecule has 0 bridgehead atoms. The van der Waals surface area contributed by atoms with Crippen molar-refractivity contribution < 1.29 is 9.59 Å². The predicted octanol–water partition coefficient (Wildman–Crippen LogP) is 1.94. The molecule has 0 aromatic carbocycles. The standard InChI is InChI=1S/C15H26N2O2/c1-14(2,3)12-13(19)17(9-6-11(18)16-12)10-15(4)7-5-8-15/h12H,5-10H2,1-4H3,(H,16,18). The van der Waals surface area contributed by atoms with E-state index in [9.17, 15) is 9.59 Å². The van der Waals surface area contributed by atoms with Crippen LogP contribution in [0.15, 0.2) is 0 Å². The van der Waals surface area contributed by atoms with Crippen molar-refractivity contribution in [3.05, 3.63) is 0 Å². The summed E-state index contributed by atoms with van der Waals surface area (Å²) in [4.78, 5) is 26.4. The summed E-state index contributed by atoms with van der Waals surface area (Å²) >= 11 is 0. The van der Waals surface area contributed by atoms with Crippen molar-refractivity contribution >= 4 is 11.8 Å². The van der Waals surface area contributed by atoms with Crippen LogP contribution in [0.25, 0.3) is 0 Å². The molecule has 2 fully saturated rings. The summed E-state index contributed by atoms with van der Waals surface area (Å²) in [5.74, 6) is 0.0843. The van der Waals surface area contributed by atoms with Gasteiger partial charge in [0.15, 0.2) is 0 Å². The fourth-order valence-electron chi connectivity index (χ4n) is 2.97. The monoisotopic (exact) mass is 266 g/mol. The minimum atomic E-state index is -0.397. The van der Waals surface area contributed by atoms with E-state index in [2.05, 4.69) is 12.2 Å². The van der Waals surface area contributed by atoms with Crippen LogP contribution >= 0.6 is 0 Å². The van der Waals surface area contributed by atoms with Crippen LogP contribution in [0.5, 0.6) is 0 Å². The Morgan fingerprint density at radius 1 is 1.32 bits per heavy atom. The van der Waals surface area contributed by atoms with Crippen LogP contribution in [0.3, 0.4) is 0 Å². The highest BCUT2D eigenvalue weighted by molar-refractivity contribution is 5.90. The maximum atomic E-state index is 12.7. The summed E-state index contributed by atoms with van der Waals surface area (Å²) in [6.07, 6.45) is 4.07. The quantitative estimate of drug-likeness (QED) is 0.830. The Morgan fingerprint density at radius 2 is 1.95 bits per heavy atom. The second-order valence-electron chi connectivity index (χ2n) is 7.54. The van der Waals surface area contributed by atoms with Crippen molar-refractivity contribution in [2.24, 2.45) is 10.8 Å². The summed E-state index contributed by atoms with van der Waals surface area (Å²) in [6.45, 7) is 9.62. The number of carbonyl (C=O) groups is 2. The molecule has 4 heteroatoms. The van der Waals surface area contributed by atoms with E-state index in [0.29, 0.717) is 13.0 Å². The zero-order valence-electron chi connectivity index (χ0n) is 12.6. The molecule has 0 spiro atoms. The van der Waals surface area contributed by atoms with Crippen LogP contribution in [0, 0.1) is 10.8 Å². The Labute approximate surface area is 115 Å². The van der Waals surface area contributed by atoms with Crippen molar-refractivity contribution in [1.29, 1.82) is 0 Å². The van der Waals surface area contributed by atoms with Gasteiger partial charge in [-0.15, -0.1) is 0 Å². The smallest absolute Gasteiger partial charge is 0.245 e. The molecule has 1 atom stereocenters. The van der Waals surface area contributed by atoms with E-state index in [4.69, 9.17) is 0 Å². The second kappa shape index (κ2) is 4.80. The Morgan fingerprint density at radius 3 is 2.42 bits per heavy atom. The second-order valence-corrected chi connectivity index (χ2v) is 7.54. The first kappa shape index (κ1) is 14.4. The van der Waals surface area contributed by atoms with Crippen LogP contribution in [-0.2, 0) is 9.59 Å². The van der Waals surface area contributed by atoms with Crippen molar-refractivity contribution in [3.8, 4) is 0 Å². The van der Waals surface area contributed by atoms with Gasteiger partial charge in [0, 0.05) is 19.5 Å². The zero-order valence-corrected chi connectivity index (χ0v) is 12.6. The molecule has 2 rings (SSSR count). The van der Waals surface area contributed by atoms with Crippen LogP contribution < -0.4 is 5.32 Å². The molecule has 1 aliphatic heterocycles. The first-order chi connectivity index (χ1) is 8.71. The number of hydrogen-bond donors (Lipinski definition) is 1. The lowest BCUT2D eigenvalue weighted by Gasteiger charge is -2.43. The fourth-order valence-corrected chi connectivity index (χ4v) is 2.97. The molecule has 2 amide bonds. The highest BCUT2D eigenvalue weighted by Gasteiger charge is 2.41. The van der Waals surface area contributed by atoms with Gasteiger partial charge in [-0.1, -0.05) is 34.1 Å². The van der Waals surface area contributed by atoms with E-state index in [-0.39, 0.29) is 22.6 Å². The third-order valence-electron chi connectivity index (χ3n) is 4.47. The molecular weight excluding hydrogens is 240 g/mol. The molecule has 0 radical (unpaired) electrons. The van der Waals surface area contributed by atoms with Gasteiger partial charge in [-0.2, -0.15) is 0 Å². The summed E-state index contributed by atoms with van der Waals surface area (Å²) in [7, 11) is 0. The third-order valence-corrected chi connectivity index (χ3v) is 4.47. The molecule has 2 aliphatic rings. The predicted molar refractivity (Wildman–Crippen MR) is 74.5 cm³/mol. The summed E-state index contributed by atoms with van der Waals surface area (Å²) < 4.78 is 0. The first-order valence-corrected chi connectivity index (χ1v) is 7.29. The van der Waals surface area contributed by atoms with E-state index in [1.165, 1.54) is 19.3 Å². The van der Waals surface area contributed by atoms with E-state index in [0.717, 1.165) is 6.54 Å². The highest BCUT2D eigenvalue weighted by Crippen LogP contribution is 2.41. The molecule has 1 aliphatic carbocycles. The highest BCUT2D eigenvalue weighted by atomic mass is 16.2. The van der Waals surface area contributed by atoms with Crippen molar-refractivity contribution in [2.75, 3.05) is 13.1 Å². The first-order valence-electron chi connectivity index (χ1n) is 7.29. The van der Waals surface area contributed by atoms with Gasteiger partial charge in [-0.3, -0.25) is 9.59 Å². The molecule has 108 valence electrons. The lowest BCUT2D eigenvalue weighted by Crippen LogP contribution is -2.54. The largest absolute Gasteiger partial charge is 0.344 e. The van der Waals surface area contributed by atoms with Gasteiger partial charge in [-0.05, 0) is 23.7 Å². The Kier molecular flexibility index (Phi) is 3.63. The summed E-state index contributed by atoms with van der Waals surface area (Å²) in [6, 6.07) is -0.397. The molecule has 4 nitrogen and oxygen atoms in total. The molecule has 19 heavy (non-hydrogen) atoms. The van der Waals surface area contributed by atoms with Crippen molar-refractivity contribution in [1.82, 2.24) is 10.2 Å². The maximum absolute atomic E-state index is 12.7. The minimum absolute atomic E-state index is 0.00506. The average Bonchev–Trinajstić information content (AvgIpc) is 2.39. The van der Waals surface area contributed by atoms with Gasteiger partial charge in [0.25, 0.3) is 0 Å². The fraction of sp³-hybridized carbons (Fsp3) is 0.867. The lowest BCUT2D eigenvalue weighted by molar-refractivity contribution is -0.138. The maximum Gasteiger partial charge on any atom is 0.245 e. The van der Waals surface area contributed by atoms with Crippen LogP contribution in [0.2, 0.25) is 0 Å².